The van der Waals surface area contributed by atoms with Crippen molar-refractivity contribution in [2.75, 3.05) is 33.2 Å². The van der Waals surface area contributed by atoms with Crippen molar-refractivity contribution in [3.8, 4) is 0 Å². The van der Waals surface area contributed by atoms with Crippen LogP contribution in [0.2, 0.25) is 5.02 Å². The number of nitrogens with zero attached hydrogens (tertiary/aromatic N) is 3. The molecule has 2 aromatic heterocycles. The van der Waals surface area contributed by atoms with Crippen LogP contribution >= 0.6 is 22.9 Å². The lowest BCUT2D eigenvalue weighted by Crippen LogP contribution is -2.51. The molecular weight excluding hydrogens is 524 g/mol. The van der Waals surface area contributed by atoms with Crippen molar-refractivity contribution in [1.29, 1.82) is 0 Å². The van der Waals surface area contributed by atoms with Gasteiger partial charge in [-0.2, -0.15) is 0 Å². The first-order valence-corrected chi connectivity index (χ1v) is 14.2. The lowest BCUT2D eigenvalue weighted by atomic mass is 10.0. The molecule has 200 valence electrons. The van der Waals surface area contributed by atoms with Gasteiger partial charge in [-0.3, -0.25) is 19.3 Å². The SMILES string of the molecule is CC(=O)C1(CN2C[C@@H](NC(=O)c3cc4cc(Cl)ccc4[nH]3)[C@H](NC(=O)c3nc4c(s3)CN(C)CC4)C2)CC1. The van der Waals surface area contributed by atoms with E-state index in [9.17, 15) is 14.4 Å². The van der Waals surface area contributed by atoms with Crippen LogP contribution in [0.1, 0.15) is 50.6 Å². The summed E-state index contributed by atoms with van der Waals surface area (Å²) < 4.78 is 0. The molecule has 1 saturated carbocycles. The number of fused-ring (bicyclic) bond motifs is 2. The number of likely N-dealkylation sites (tertiary alicyclic amines) is 1. The lowest BCUT2D eigenvalue weighted by molar-refractivity contribution is -0.122. The van der Waals surface area contributed by atoms with Gasteiger partial charge >= 0.3 is 0 Å². The zero-order valence-corrected chi connectivity index (χ0v) is 23.0. The molecule has 1 aromatic carbocycles. The molecule has 2 aliphatic heterocycles. The number of amides is 2. The number of ketones is 1. The first kappa shape index (κ1) is 25.5. The van der Waals surface area contributed by atoms with Crippen LogP contribution in [0.3, 0.4) is 0 Å². The van der Waals surface area contributed by atoms with Gasteiger partial charge in [-0.1, -0.05) is 11.6 Å². The average molecular weight is 555 g/mol. The monoisotopic (exact) mass is 554 g/mol. The van der Waals surface area contributed by atoms with Crippen LogP contribution in [-0.4, -0.2) is 82.7 Å². The zero-order chi connectivity index (χ0) is 26.6. The minimum Gasteiger partial charge on any atom is -0.351 e. The summed E-state index contributed by atoms with van der Waals surface area (Å²) in [6, 6.07) is 6.59. The predicted octanol–water partition coefficient (Wildman–Crippen LogP) is 2.85. The fourth-order valence-corrected chi connectivity index (χ4v) is 6.90. The van der Waals surface area contributed by atoms with E-state index in [2.05, 4.69) is 37.4 Å². The van der Waals surface area contributed by atoms with Gasteiger partial charge in [-0.05, 0) is 51.1 Å². The standard InChI is InChI=1S/C27H31ClN6O3S/c1-15(35)27(6-7-27)14-34-11-21(30-24(36)20-10-16-9-17(28)3-4-18(16)29-20)22(12-34)31-25(37)26-32-19-5-8-33(2)13-23(19)38-26/h3-4,9-10,21-22,29H,5-8,11-14H2,1-2H3,(H,30,36)(H,31,37)/t21-,22-/m1/s1. The van der Waals surface area contributed by atoms with Crippen LogP contribution < -0.4 is 10.6 Å². The van der Waals surface area contributed by atoms with Crippen LogP contribution in [0.5, 0.6) is 0 Å². The number of thiazole rings is 1. The molecule has 38 heavy (non-hydrogen) atoms. The number of benzene rings is 1. The van der Waals surface area contributed by atoms with Crippen LogP contribution in [-0.2, 0) is 17.8 Å². The molecule has 3 aromatic rings. The summed E-state index contributed by atoms with van der Waals surface area (Å²) in [7, 11) is 2.07. The highest BCUT2D eigenvalue weighted by atomic mass is 35.5. The van der Waals surface area contributed by atoms with E-state index in [1.54, 1.807) is 19.1 Å². The van der Waals surface area contributed by atoms with E-state index in [4.69, 9.17) is 11.6 Å². The maximum Gasteiger partial charge on any atom is 0.280 e. The molecule has 0 unspecified atom stereocenters. The predicted molar refractivity (Wildman–Crippen MR) is 147 cm³/mol. The van der Waals surface area contributed by atoms with Crippen LogP contribution in [0.4, 0.5) is 0 Å². The Morgan fingerprint density at radius 3 is 2.61 bits per heavy atom. The van der Waals surface area contributed by atoms with Gasteiger partial charge < -0.3 is 20.5 Å². The van der Waals surface area contributed by atoms with Gasteiger partial charge in [-0.25, -0.2) is 4.98 Å². The van der Waals surface area contributed by atoms with E-state index in [0.29, 0.717) is 35.4 Å². The Labute approximate surface area is 229 Å². The van der Waals surface area contributed by atoms with E-state index >= 15 is 0 Å². The minimum absolute atomic E-state index is 0.209. The molecular formula is C27H31ClN6O3S. The molecule has 0 bridgehead atoms. The summed E-state index contributed by atoms with van der Waals surface area (Å²) in [5.74, 6) is -0.254. The highest BCUT2D eigenvalue weighted by Crippen LogP contribution is 2.47. The molecule has 1 saturated heterocycles. The summed E-state index contributed by atoms with van der Waals surface area (Å²) >= 11 is 7.55. The smallest absolute Gasteiger partial charge is 0.280 e. The Hall–Kier alpha value is -2.79. The second kappa shape index (κ2) is 9.75. The van der Waals surface area contributed by atoms with Crippen molar-refractivity contribution < 1.29 is 14.4 Å². The third-order valence-corrected chi connectivity index (χ3v) is 9.42. The maximum absolute atomic E-state index is 13.3. The highest BCUT2D eigenvalue weighted by molar-refractivity contribution is 7.13. The van der Waals surface area contributed by atoms with Crippen molar-refractivity contribution in [2.45, 2.75) is 44.8 Å². The summed E-state index contributed by atoms with van der Waals surface area (Å²) in [6.07, 6.45) is 2.63. The number of hydrogen-bond donors (Lipinski definition) is 3. The number of halogens is 1. The summed E-state index contributed by atoms with van der Waals surface area (Å²) in [5, 5.41) is 8.20. The van der Waals surface area contributed by atoms with Crippen molar-refractivity contribution in [1.82, 2.24) is 30.4 Å². The van der Waals surface area contributed by atoms with E-state index < -0.39 is 0 Å². The van der Waals surface area contributed by atoms with Gasteiger partial charge in [0.05, 0.1) is 17.8 Å². The highest BCUT2D eigenvalue weighted by Gasteiger charge is 2.50. The van der Waals surface area contributed by atoms with Crippen molar-refractivity contribution in [2.24, 2.45) is 5.41 Å². The number of nitrogens with one attached hydrogen (secondary N) is 3. The first-order chi connectivity index (χ1) is 18.2. The summed E-state index contributed by atoms with van der Waals surface area (Å²) in [6.45, 7) is 5.15. The van der Waals surface area contributed by atoms with Gasteiger partial charge in [0.15, 0.2) is 5.01 Å². The number of aromatic amines is 1. The molecule has 3 N–H and O–H groups in total. The number of likely N-dealkylation sites (N-methyl/N-ethyl adjacent to an activating group) is 1. The summed E-state index contributed by atoms with van der Waals surface area (Å²) in [5.41, 5.74) is 1.98. The number of hydrogen-bond acceptors (Lipinski definition) is 7. The van der Waals surface area contributed by atoms with Crippen molar-refractivity contribution >= 4 is 51.4 Å². The van der Waals surface area contributed by atoms with Crippen LogP contribution in [0, 0.1) is 5.41 Å². The lowest BCUT2D eigenvalue weighted by Gasteiger charge is -2.21. The number of Topliss-reactive ketones (excluding diaryl/α,β-unsaturated/α-hetero) is 1. The summed E-state index contributed by atoms with van der Waals surface area (Å²) in [4.78, 5) is 52.1. The topological polar surface area (TPSA) is 110 Å². The molecule has 2 amide bonds. The van der Waals surface area contributed by atoms with Gasteiger partial charge in [0, 0.05) is 65.4 Å². The van der Waals surface area contributed by atoms with Gasteiger partial charge in [-0.15, -0.1) is 11.3 Å². The third-order valence-electron chi connectivity index (χ3n) is 8.10. The van der Waals surface area contributed by atoms with Gasteiger partial charge in [0.1, 0.15) is 11.5 Å². The van der Waals surface area contributed by atoms with Gasteiger partial charge in [0.25, 0.3) is 11.8 Å². The van der Waals surface area contributed by atoms with Crippen molar-refractivity contribution in [3.05, 3.63) is 50.6 Å². The molecule has 11 heteroatoms. The molecule has 0 radical (unpaired) electrons. The van der Waals surface area contributed by atoms with Crippen LogP contribution in [0.25, 0.3) is 10.9 Å². The largest absolute Gasteiger partial charge is 0.351 e. The molecule has 2 atom stereocenters. The molecule has 6 rings (SSSR count). The second-order valence-corrected chi connectivity index (χ2v) is 12.5. The van der Waals surface area contributed by atoms with E-state index in [-0.39, 0.29) is 35.1 Å². The van der Waals surface area contributed by atoms with E-state index in [0.717, 1.165) is 53.8 Å². The average Bonchev–Trinajstić information content (AvgIpc) is 3.19. The number of carbonyl (C=O) groups excluding carboxylic acids is 3. The van der Waals surface area contributed by atoms with Gasteiger partial charge in [0.2, 0.25) is 0 Å². The third kappa shape index (κ3) is 4.98. The molecule has 0 spiro atoms. The Morgan fingerprint density at radius 1 is 1.16 bits per heavy atom. The van der Waals surface area contributed by atoms with Crippen molar-refractivity contribution in [3.63, 3.8) is 0 Å². The fourth-order valence-electron chi connectivity index (χ4n) is 5.63. The second-order valence-electron chi connectivity index (χ2n) is 11.0. The quantitative estimate of drug-likeness (QED) is 0.414. The number of rotatable bonds is 7. The number of H-pyrrole nitrogens is 1. The molecule has 9 nitrogen and oxygen atoms in total. The number of aromatic nitrogens is 2. The Kier molecular flexibility index (Phi) is 6.54. The molecule has 4 heterocycles. The van der Waals surface area contributed by atoms with E-state index in [1.165, 1.54) is 11.3 Å². The Morgan fingerprint density at radius 2 is 1.89 bits per heavy atom. The molecule has 1 aliphatic carbocycles. The molecule has 2 fully saturated rings. The van der Waals surface area contributed by atoms with E-state index in [1.807, 2.05) is 12.1 Å². The minimum atomic E-state index is -0.315. The number of carbonyl (C=O) groups is 3. The molecule has 3 aliphatic rings. The Balaban J connectivity index is 1.19. The normalized spacial score (nSPS) is 22.8. The van der Waals surface area contributed by atoms with Crippen LogP contribution in [0.15, 0.2) is 24.3 Å². The first-order valence-electron chi connectivity index (χ1n) is 13.0. The Bertz CT molecular complexity index is 1430. The fraction of sp³-hybridized carbons (Fsp3) is 0.481. The maximum atomic E-state index is 13.3. The zero-order valence-electron chi connectivity index (χ0n) is 21.5.